The van der Waals surface area contributed by atoms with Gasteiger partial charge in [0.2, 0.25) is 10.0 Å². The van der Waals surface area contributed by atoms with E-state index >= 15 is 0 Å². The molecule has 166 valence electrons. The maximum Gasteiger partial charge on any atom is 0.257 e. The molecule has 12 heteroatoms. The lowest BCUT2D eigenvalue weighted by Gasteiger charge is -2.14. The minimum atomic E-state index is -3.54. The zero-order chi connectivity index (χ0) is 23.2. The van der Waals surface area contributed by atoms with Gasteiger partial charge in [0.05, 0.1) is 11.9 Å². The standard InChI is InChI=1S/C19H22ClN5O5S/c1-23-17(26)10-30-16-7-11(18(21)22)3-4-12(16)9-24-19(27)13-5-14(20)8-15(6-13)25-31(2,28)29/h3-8,25H,9-10H2,1-2H3,(H3,21,22)(H,23,26)(H,24,27). The highest BCUT2D eigenvalue weighted by Crippen LogP contribution is 2.22. The van der Waals surface area contributed by atoms with Crippen molar-refractivity contribution in [1.29, 1.82) is 5.41 Å². The van der Waals surface area contributed by atoms with Crippen LogP contribution in [0, 0.1) is 5.41 Å². The van der Waals surface area contributed by atoms with Crippen LogP contribution >= 0.6 is 11.6 Å². The molecule has 0 spiro atoms. The van der Waals surface area contributed by atoms with Gasteiger partial charge >= 0.3 is 0 Å². The molecule has 0 bridgehead atoms. The summed E-state index contributed by atoms with van der Waals surface area (Å²) in [6, 6.07) is 8.83. The van der Waals surface area contributed by atoms with Gasteiger partial charge in [-0.05, 0) is 24.3 Å². The van der Waals surface area contributed by atoms with Crippen molar-refractivity contribution in [2.24, 2.45) is 5.73 Å². The Morgan fingerprint density at radius 1 is 1.16 bits per heavy atom. The first-order valence-electron chi connectivity index (χ1n) is 8.86. The van der Waals surface area contributed by atoms with Crippen LogP contribution in [0.1, 0.15) is 21.5 Å². The molecule has 2 rings (SSSR count). The molecule has 0 atom stereocenters. The Bertz CT molecular complexity index is 1120. The van der Waals surface area contributed by atoms with Crippen molar-refractivity contribution in [3.63, 3.8) is 0 Å². The molecule has 2 amide bonds. The lowest BCUT2D eigenvalue weighted by molar-refractivity contribution is -0.122. The average Bonchev–Trinajstić information content (AvgIpc) is 2.68. The lowest BCUT2D eigenvalue weighted by Crippen LogP contribution is -2.26. The van der Waals surface area contributed by atoms with Crippen LogP contribution in [-0.2, 0) is 21.4 Å². The number of amidine groups is 1. The van der Waals surface area contributed by atoms with Gasteiger partial charge in [-0.3, -0.25) is 19.7 Å². The van der Waals surface area contributed by atoms with E-state index in [2.05, 4.69) is 15.4 Å². The van der Waals surface area contributed by atoms with Crippen LogP contribution in [0.2, 0.25) is 5.02 Å². The van der Waals surface area contributed by atoms with Gasteiger partial charge in [0.25, 0.3) is 11.8 Å². The molecule has 0 aliphatic carbocycles. The number of anilines is 1. The SMILES string of the molecule is CNC(=O)COc1cc(C(=N)N)ccc1CNC(=O)c1cc(Cl)cc(NS(C)(=O)=O)c1. The molecular weight excluding hydrogens is 446 g/mol. The molecule has 0 aliphatic rings. The normalized spacial score (nSPS) is 10.8. The third kappa shape index (κ3) is 7.46. The average molecular weight is 468 g/mol. The van der Waals surface area contributed by atoms with E-state index in [0.717, 1.165) is 6.26 Å². The summed E-state index contributed by atoms with van der Waals surface area (Å²) >= 11 is 5.99. The quantitative estimate of drug-likeness (QED) is 0.273. The van der Waals surface area contributed by atoms with Crippen LogP contribution in [0.3, 0.4) is 0 Å². The fourth-order valence-corrected chi connectivity index (χ4v) is 3.27. The van der Waals surface area contributed by atoms with E-state index in [4.69, 9.17) is 27.5 Å². The van der Waals surface area contributed by atoms with Crippen LogP contribution in [0.25, 0.3) is 0 Å². The van der Waals surface area contributed by atoms with E-state index in [1.54, 1.807) is 12.1 Å². The van der Waals surface area contributed by atoms with Crippen molar-refractivity contribution in [3.05, 3.63) is 58.1 Å². The monoisotopic (exact) mass is 467 g/mol. The third-order valence-electron chi connectivity index (χ3n) is 3.92. The summed E-state index contributed by atoms with van der Waals surface area (Å²) in [5, 5.41) is 12.8. The van der Waals surface area contributed by atoms with E-state index in [0.29, 0.717) is 11.1 Å². The number of nitrogens with one attached hydrogen (secondary N) is 4. The van der Waals surface area contributed by atoms with Crippen LogP contribution in [0.4, 0.5) is 5.69 Å². The fraction of sp³-hybridized carbons (Fsp3) is 0.211. The number of nitrogen functional groups attached to an aromatic ring is 1. The van der Waals surface area contributed by atoms with Gasteiger partial charge in [-0.2, -0.15) is 0 Å². The van der Waals surface area contributed by atoms with Crippen molar-refractivity contribution < 1.29 is 22.7 Å². The minimum Gasteiger partial charge on any atom is -0.483 e. The molecule has 2 aromatic carbocycles. The Labute approximate surface area is 184 Å². The smallest absolute Gasteiger partial charge is 0.257 e. The number of likely N-dealkylation sites (N-methyl/N-ethyl adjacent to an activating group) is 1. The molecule has 0 saturated carbocycles. The van der Waals surface area contributed by atoms with E-state index in [-0.39, 0.29) is 46.9 Å². The number of rotatable bonds is 9. The second-order valence-electron chi connectivity index (χ2n) is 6.48. The van der Waals surface area contributed by atoms with Crippen LogP contribution in [0.5, 0.6) is 5.75 Å². The number of carbonyl (C=O) groups is 2. The van der Waals surface area contributed by atoms with Gasteiger partial charge < -0.3 is 21.1 Å². The number of halogens is 1. The largest absolute Gasteiger partial charge is 0.483 e. The first-order chi connectivity index (χ1) is 14.5. The van der Waals surface area contributed by atoms with E-state index < -0.39 is 15.9 Å². The Hall–Kier alpha value is -3.31. The summed E-state index contributed by atoms with van der Waals surface area (Å²) in [5.41, 5.74) is 6.74. The highest BCUT2D eigenvalue weighted by Gasteiger charge is 2.13. The van der Waals surface area contributed by atoms with Crippen LogP contribution in [0.15, 0.2) is 36.4 Å². The van der Waals surface area contributed by atoms with Crippen molar-refractivity contribution >= 4 is 45.0 Å². The summed E-state index contributed by atoms with van der Waals surface area (Å²) < 4.78 is 30.6. The number of nitrogens with two attached hydrogens (primary N) is 1. The summed E-state index contributed by atoms with van der Waals surface area (Å²) in [6.45, 7) is -0.227. The molecule has 0 unspecified atom stereocenters. The molecule has 10 nitrogen and oxygen atoms in total. The zero-order valence-electron chi connectivity index (χ0n) is 16.8. The van der Waals surface area contributed by atoms with Gasteiger partial charge in [0.15, 0.2) is 6.61 Å². The third-order valence-corrected chi connectivity index (χ3v) is 4.74. The summed E-state index contributed by atoms with van der Waals surface area (Å²) in [4.78, 5) is 24.1. The maximum atomic E-state index is 12.6. The first-order valence-corrected chi connectivity index (χ1v) is 11.1. The molecule has 0 heterocycles. The highest BCUT2D eigenvalue weighted by molar-refractivity contribution is 7.92. The van der Waals surface area contributed by atoms with Gasteiger partial charge in [0, 0.05) is 35.3 Å². The second kappa shape index (κ2) is 10.1. The number of sulfonamides is 1. The predicted octanol–water partition coefficient (Wildman–Crippen LogP) is 1.05. The maximum absolute atomic E-state index is 12.6. The van der Waals surface area contributed by atoms with Crippen molar-refractivity contribution in [2.45, 2.75) is 6.54 Å². The highest BCUT2D eigenvalue weighted by atomic mass is 35.5. The van der Waals surface area contributed by atoms with Gasteiger partial charge in [-0.15, -0.1) is 0 Å². The molecular formula is C19H22ClN5O5S. The Morgan fingerprint density at radius 2 is 1.87 bits per heavy atom. The molecule has 0 fully saturated rings. The van der Waals surface area contributed by atoms with E-state index in [9.17, 15) is 18.0 Å². The topological polar surface area (TPSA) is 163 Å². The van der Waals surface area contributed by atoms with E-state index in [1.807, 2.05) is 0 Å². The summed E-state index contributed by atoms with van der Waals surface area (Å²) in [7, 11) is -2.07. The predicted molar refractivity (Wildman–Crippen MR) is 118 cm³/mol. The molecule has 0 radical (unpaired) electrons. The Morgan fingerprint density at radius 3 is 2.48 bits per heavy atom. The first kappa shape index (κ1) is 24.0. The number of hydrogen-bond acceptors (Lipinski definition) is 6. The fourth-order valence-electron chi connectivity index (χ4n) is 2.49. The molecule has 6 N–H and O–H groups in total. The van der Waals surface area contributed by atoms with Crippen LogP contribution in [-0.4, -0.2) is 46.0 Å². The minimum absolute atomic E-state index is 0.0292. The molecule has 0 saturated heterocycles. The van der Waals surface area contributed by atoms with Gasteiger partial charge in [-0.25, -0.2) is 8.42 Å². The van der Waals surface area contributed by atoms with Crippen molar-refractivity contribution in [3.8, 4) is 5.75 Å². The van der Waals surface area contributed by atoms with Gasteiger partial charge in [0.1, 0.15) is 11.6 Å². The molecule has 2 aromatic rings. The van der Waals surface area contributed by atoms with Crippen molar-refractivity contribution in [2.75, 3.05) is 24.6 Å². The molecule has 0 aromatic heterocycles. The van der Waals surface area contributed by atoms with E-state index in [1.165, 1.54) is 31.3 Å². The molecule has 0 aliphatic heterocycles. The number of amides is 2. The second-order valence-corrected chi connectivity index (χ2v) is 8.67. The summed E-state index contributed by atoms with van der Waals surface area (Å²) in [6.07, 6.45) is 0.985. The van der Waals surface area contributed by atoms with Crippen LogP contribution < -0.4 is 25.8 Å². The number of carbonyl (C=O) groups excluding carboxylic acids is 2. The number of benzene rings is 2. The Kier molecular flexibility index (Phi) is 7.83. The van der Waals surface area contributed by atoms with Crippen molar-refractivity contribution in [1.82, 2.24) is 10.6 Å². The molecule has 31 heavy (non-hydrogen) atoms. The number of ether oxygens (including phenoxy) is 1. The Balaban J connectivity index is 2.20. The van der Waals surface area contributed by atoms with Gasteiger partial charge in [-0.1, -0.05) is 23.7 Å². The number of hydrogen-bond donors (Lipinski definition) is 5. The zero-order valence-corrected chi connectivity index (χ0v) is 18.4. The summed E-state index contributed by atoms with van der Waals surface area (Å²) in [5.74, 6) is -0.757. The lowest BCUT2D eigenvalue weighted by atomic mass is 10.1.